The molecule has 2 aromatic rings. The van der Waals surface area contributed by atoms with Gasteiger partial charge in [-0.15, -0.1) is 0 Å². The number of nitrogens with zero attached hydrogens (tertiary/aromatic N) is 4. The molecule has 0 saturated carbocycles. The smallest absolute Gasteiger partial charge is 0.252 e. The van der Waals surface area contributed by atoms with Crippen molar-refractivity contribution in [1.82, 2.24) is 20.2 Å². The molecule has 6 nitrogen and oxygen atoms in total. The Morgan fingerprint density at radius 3 is 2.63 bits per heavy atom. The molecule has 0 aliphatic carbocycles. The number of rotatable bonds is 8. The highest BCUT2D eigenvalue weighted by Gasteiger charge is 2.17. The zero-order valence-electron chi connectivity index (χ0n) is 16.1. The Morgan fingerprint density at radius 1 is 1.11 bits per heavy atom. The summed E-state index contributed by atoms with van der Waals surface area (Å²) in [6.45, 7) is 8.16. The quantitative estimate of drug-likeness (QED) is 0.726. The van der Waals surface area contributed by atoms with Crippen LogP contribution >= 0.6 is 0 Å². The summed E-state index contributed by atoms with van der Waals surface area (Å²) in [5, 5.41) is 2.96. The number of amides is 1. The van der Waals surface area contributed by atoms with Crippen LogP contribution in [0.5, 0.6) is 0 Å². The minimum absolute atomic E-state index is 0.0668. The second-order valence-corrected chi connectivity index (χ2v) is 6.91. The molecule has 1 N–H and O–H groups in total. The summed E-state index contributed by atoms with van der Waals surface area (Å²) < 4.78 is 0. The van der Waals surface area contributed by atoms with Crippen molar-refractivity contribution in [2.45, 2.75) is 26.2 Å². The van der Waals surface area contributed by atoms with E-state index in [1.54, 1.807) is 12.4 Å². The molecule has 3 rings (SSSR count). The van der Waals surface area contributed by atoms with Crippen molar-refractivity contribution in [2.75, 3.05) is 44.2 Å². The second-order valence-electron chi connectivity index (χ2n) is 6.91. The summed E-state index contributed by atoms with van der Waals surface area (Å²) in [5.41, 5.74) is 1.66. The first kappa shape index (κ1) is 19.3. The van der Waals surface area contributed by atoms with Gasteiger partial charge in [0.15, 0.2) is 0 Å². The Hall–Kier alpha value is -2.47. The minimum atomic E-state index is -0.0668. The van der Waals surface area contributed by atoms with E-state index in [0.29, 0.717) is 12.1 Å². The van der Waals surface area contributed by atoms with Crippen molar-refractivity contribution in [2.24, 2.45) is 0 Å². The molecule has 1 aliphatic heterocycles. The normalized spacial score (nSPS) is 14.9. The van der Waals surface area contributed by atoms with Gasteiger partial charge in [0.1, 0.15) is 5.82 Å². The van der Waals surface area contributed by atoms with Crippen molar-refractivity contribution in [3.05, 3.63) is 54.0 Å². The zero-order valence-corrected chi connectivity index (χ0v) is 16.1. The molecule has 2 aromatic heterocycles. The summed E-state index contributed by atoms with van der Waals surface area (Å²) in [6.07, 6.45) is 6.41. The highest BCUT2D eigenvalue weighted by Crippen LogP contribution is 2.14. The molecule has 144 valence electrons. The van der Waals surface area contributed by atoms with E-state index in [1.165, 1.54) is 13.0 Å². The monoisotopic (exact) mass is 367 g/mol. The van der Waals surface area contributed by atoms with Crippen LogP contribution in [0.3, 0.4) is 0 Å². The summed E-state index contributed by atoms with van der Waals surface area (Å²) in [5.74, 6) is 0.890. The van der Waals surface area contributed by atoms with Gasteiger partial charge in [-0.2, -0.15) is 0 Å². The largest absolute Gasteiger partial charge is 0.354 e. The lowest BCUT2D eigenvalue weighted by atomic mass is 10.2. The summed E-state index contributed by atoms with van der Waals surface area (Å²) in [6, 6.07) is 9.73. The first-order valence-corrected chi connectivity index (χ1v) is 9.87. The predicted octanol–water partition coefficient (Wildman–Crippen LogP) is 2.37. The number of hydrogen-bond acceptors (Lipinski definition) is 5. The highest BCUT2D eigenvalue weighted by atomic mass is 16.1. The standard InChI is InChI=1S/C21H29N5O/c1-2-12-25-13-15-26(16-14-25)20-9-8-18(17-24-20)21(27)23-11-5-7-19-6-3-4-10-22-19/h3-4,6,8-10,17H,2,5,7,11-16H2,1H3,(H,23,27). The van der Waals surface area contributed by atoms with Gasteiger partial charge in [0, 0.05) is 50.8 Å². The molecule has 27 heavy (non-hydrogen) atoms. The van der Waals surface area contributed by atoms with Gasteiger partial charge in [0.05, 0.1) is 5.56 Å². The molecule has 0 bridgehead atoms. The number of piperazine rings is 1. The van der Waals surface area contributed by atoms with E-state index in [9.17, 15) is 4.79 Å². The van der Waals surface area contributed by atoms with Gasteiger partial charge in [0.25, 0.3) is 5.91 Å². The lowest BCUT2D eigenvalue weighted by molar-refractivity contribution is 0.0953. The van der Waals surface area contributed by atoms with Gasteiger partial charge >= 0.3 is 0 Å². The number of hydrogen-bond donors (Lipinski definition) is 1. The van der Waals surface area contributed by atoms with Gasteiger partial charge < -0.3 is 10.2 Å². The third kappa shape index (κ3) is 5.76. The highest BCUT2D eigenvalue weighted by molar-refractivity contribution is 5.94. The topological polar surface area (TPSA) is 61.4 Å². The zero-order chi connectivity index (χ0) is 18.9. The Kier molecular flexibility index (Phi) is 7.16. The molecule has 0 unspecified atom stereocenters. The maximum Gasteiger partial charge on any atom is 0.252 e. The fraction of sp³-hybridized carbons (Fsp3) is 0.476. The van der Waals surface area contributed by atoms with Gasteiger partial charge in [-0.3, -0.25) is 14.7 Å². The number of anilines is 1. The van der Waals surface area contributed by atoms with E-state index < -0.39 is 0 Å². The third-order valence-electron chi connectivity index (χ3n) is 4.87. The van der Waals surface area contributed by atoms with Crippen LogP contribution in [0, 0.1) is 0 Å². The second kappa shape index (κ2) is 10.0. The van der Waals surface area contributed by atoms with Gasteiger partial charge in [-0.25, -0.2) is 4.98 Å². The minimum Gasteiger partial charge on any atom is -0.354 e. The van der Waals surface area contributed by atoms with Crippen molar-refractivity contribution in [3.63, 3.8) is 0 Å². The van der Waals surface area contributed by atoms with Crippen LogP contribution in [0.4, 0.5) is 5.82 Å². The fourth-order valence-corrected chi connectivity index (χ4v) is 3.34. The fourth-order valence-electron chi connectivity index (χ4n) is 3.34. The van der Waals surface area contributed by atoms with Crippen LogP contribution in [-0.2, 0) is 6.42 Å². The number of nitrogens with one attached hydrogen (secondary N) is 1. The Labute approximate surface area is 161 Å². The van der Waals surface area contributed by atoms with Gasteiger partial charge in [0.2, 0.25) is 0 Å². The molecule has 0 spiro atoms. The summed E-state index contributed by atoms with van der Waals surface area (Å²) >= 11 is 0. The predicted molar refractivity (Wildman–Crippen MR) is 108 cm³/mol. The van der Waals surface area contributed by atoms with Crippen molar-refractivity contribution in [1.29, 1.82) is 0 Å². The average Bonchev–Trinajstić information content (AvgIpc) is 2.73. The first-order valence-electron chi connectivity index (χ1n) is 9.87. The van der Waals surface area contributed by atoms with E-state index >= 15 is 0 Å². The number of aromatic nitrogens is 2. The molecule has 1 saturated heterocycles. The molecule has 0 aromatic carbocycles. The Balaban J connectivity index is 1.42. The first-order chi connectivity index (χ1) is 13.3. The van der Waals surface area contributed by atoms with E-state index in [1.807, 2.05) is 30.3 Å². The average molecular weight is 367 g/mol. The lowest BCUT2D eigenvalue weighted by Gasteiger charge is -2.35. The van der Waals surface area contributed by atoms with Crippen LogP contribution in [0.15, 0.2) is 42.7 Å². The molecule has 0 atom stereocenters. The van der Waals surface area contributed by atoms with Crippen LogP contribution in [0.1, 0.15) is 35.8 Å². The lowest BCUT2D eigenvalue weighted by Crippen LogP contribution is -2.46. The molecular weight excluding hydrogens is 338 g/mol. The Bertz CT molecular complexity index is 696. The third-order valence-corrected chi connectivity index (χ3v) is 4.87. The molecule has 6 heteroatoms. The van der Waals surface area contributed by atoms with E-state index in [2.05, 4.69) is 32.0 Å². The van der Waals surface area contributed by atoms with Gasteiger partial charge in [-0.1, -0.05) is 13.0 Å². The van der Waals surface area contributed by atoms with Crippen LogP contribution < -0.4 is 10.2 Å². The van der Waals surface area contributed by atoms with Crippen LogP contribution in [0.2, 0.25) is 0 Å². The van der Waals surface area contributed by atoms with E-state index in [0.717, 1.165) is 50.5 Å². The molecule has 1 aliphatic rings. The van der Waals surface area contributed by atoms with Crippen molar-refractivity contribution >= 4 is 11.7 Å². The van der Waals surface area contributed by atoms with Crippen LogP contribution in [0.25, 0.3) is 0 Å². The summed E-state index contributed by atoms with van der Waals surface area (Å²) in [4.78, 5) is 25.9. The SMILES string of the molecule is CCCN1CCN(c2ccc(C(=O)NCCCc3ccccn3)cn2)CC1. The molecular formula is C21H29N5O. The van der Waals surface area contributed by atoms with E-state index in [4.69, 9.17) is 0 Å². The van der Waals surface area contributed by atoms with Gasteiger partial charge in [-0.05, 0) is 50.1 Å². The summed E-state index contributed by atoms with van der Waals surface area (Å²) in [7, 11) is 0. The number of aryl methyl sites for hydroxylation is 1. The number of carbonyl (C=O) groups excluding carboxylic acids is 1. The maximum atomic E-state index is 12.3. The molecule has 1 amide bonds. The Morgan fingerprint density at radius 2 is 1.96 bits per heavy atom. The molecule has 1 fully saturated rings. The van der Waals surface area contributed by atoms with E-state index in [-0.39, 0.29) is 5.91 Å². The van der Waals surface area contributed by atoms with Crippen molar-refractivity contribution < 1.29 is 4.79 Å². The van der Waals surface area contributed by atoms with Crippen LogP contribution in [-0.4, -0.2) is 60.0 Å². The molecule has 3 heterocycles. The molecule has 0 radical (unpaired) electrons. The number of carbonyl (C=O) groups is 1. The van der Waals surface area contributed by atoms with Crippen molar-refractivity contribution in [3.8, 4) is 0 Å². The number of pyridine rings is 2. The maximum absolute atomic E-state index is 12.3.